The summed E-state index contributed by atoms with van der Waals surface area (Å²) in [6, 6.07) is 15.9. The van der Waals surface area contributed by atoms with E-state index in [2.05, 4.69) is 5.32 Å². The molecule has 3 rings (SSSR count). The molecule has 0 saturated heterocycles. The Morgan fingerprint density at radius 3 is 2.08 bits per heavy atom. The highest BCUT2D eigenvalue weighted by Crippen LogP contribution is 2.44. The number of hydrogen-bond acceptors (Lipinski definition) is 4. The van der Waals surface area contributed by atoms with Crippen molar-refractivity contribution in [2.24, 2.45) is 0 Å². The largest absolute Gasteiger partial charge is 0.458 e. The van der Waals surface area contributed by atoms with Gasteiger partial charge in [0, 0.05) is 42.7 Å². The molecule has 0 saturated carbocycles. The fraction of sp³-hybridized carbons (Fsp3) is 0.280. The molecule has 200 valence electrons. The fourth-order valence-corrected chi connectivity index (χ4v) is 3.42. The van der Waals surface area contributed by atoms with E-state index < -0.39 is 43.0 Å². The molecule has 0 bridgehead atoms. The molecule has 0 aliphatic heterocycles. The van der Waals surface area contributed by atoms with Crippen molar-refractivity contribution >= 4 is 11.4 Å². The molecule has 0 amide bonds. The number of alkyl halides is 8. The first-order chi connectivity index (χ1) is 17.2. The SMILES string of the molecule is CNc1cccc(Oc2cccc(N(Cc3cccc(C(F)(F)C(F)(F)F)c3)C[C@@H](O)C(F)(F)F)c2)c1. The maximum atomic E-state index is 13.8. The summed E-state index contributed by atoms with van der Waals surface area (Å²) >= 11 is 0. The number of rotatable bonds is 9. The first kappa shape index (κ1) is 28.0. The van der Waals surface area contributed by atoms with Crippen LogP contribution in [0.2, 0.25) is 0 Å². The lowest BCUT2D eigenvalue weighted by Crippen LogP contribution is -2.41. The van der Waals surface area contributed by atoms with Gasteiger partial charge in [-0.2, -0.15) is 35.1 Å². The van der Waals surface area contributed by atoms with Gasteiger partial charge >= 0.3 is 18.3 Å². The summed E-state index contributed by atoms with van der Waals surface area (Å²) in [5.41, 5.74) is -0.628. The maximum absolute atomic E-state index is 13.8. The van der Waals surface area contributed by atoms with Crippen molar-refractivity contribution in [3.63, 3.8) is 0 Å². The van der Waals surface area contributed by atoms with Crippen LogP contribution >= 0.6 is 0 Å². The van der Waals surface area contributed by atoms with E-state index in [1.165, 1.54) is 30.3 Å². The number of nitrogens with zero attached hydrogens (tertiary/aromatic N) is 1. The first-order valence-electron chi connectivity index (χ1n) is 10.8. The molecule has 37 heavy (non-hydrogen) atoms. The third-order valence-corrected chi connectivity index (χ3v) is 5.33. The number of ether oxygens (including phenoxy) is 1. The minimum atomic E-state index is -5.85. The molecule has 0 radical (unpaired) electrons. The normalized spacial score (nSPS) is 13.2. The van der Waals surface area contributed by atoms with Crippen molar-refractivity contribution in [2.75, 3.05) is 23.8 Å². The predicted octanol–water partition coefficient (Wildman–Crippen LogP) is 7.10. The second-order valence-electron chi connectivity index (χ2n) is 8.09. The molecule has 3 aromatic rings. The van der Waals surface area contributed by atoms with Gasteiger partial charge in [0.2, 0.25) is 0 Å². The molecule has 2 N–H and O–H groups in total. The van der Waals surface area contributed by atoms with E-state index in [0.717, 1.165) is 16.7 Å². The zero-order chi connectivity index (χ0) is 27.4. The summed E-state index contributed by atoms with van der Waals surface area (Å²) in [6.07, 6.45) is -13.7. The number of halogens is 8. The smallest absolute Gasteiger partial charge is 0.457 e. The summed E-state index contributed by atoms with van der Waals surface area (Å²) in [7, 11) is 1.70. The number of aliphatic hydroxyl groups is 1. The van der Waals surface area contributed by atoms with Crippen LogP contribution in [0, 0.1) is 0 Å². The molecule has 0 aliphatic carbocycles. The summed E-state index contributed by atoms with van der Waals surface area (Å²) in [5.74, 6) is -4.53. The summed E-state index contributed by atoms with van der Waals surface area (Å²) < 4.78 is 111. The number of benzene rings is 3. The molecule has 0 fully saturated rings. The van der Waals surface area contributed by atoms with Crippen LogP contribution in [0.5, 0.6) is 11.5 Å². The third kappa shape index (κ3) is 7.03. The number of anilines is 2. The Morgan fingerprint density at radius 1 is 0.838 bits per heavy atom. The zero-order valence-corrected chi connectivity index (χ0v) is 19.2. The summed E-state index contributed by atoms with van der Waals surface area (Å²) in [5, 5.41) is 12.6. The van der Waals surface area contributed by atoms with Crippen LogP contribution in [0.1, 0.15) is 11.1 Å². The number of nitrogens with one attached hydrogen (secondary N) is 1. The minimum Gasteiger partial charge on any atom is -0.457 e. The van der Waals surface area contributed by atoms with Gasteiger partial charge in [0.05, 0.1) is 6.54 Å². The average molecular weight is 534 g/mol. The van der Waals surface area contributed by atoms with Crippen LogP contribution in [0.15, 0.2) is 72.8 Å². The van der Waals surface area contributed by atoms with E-state index in [4.69, 9.17) is 4.74 Å². The van der Waals surface area contributed by atoms with Gasteiger partial charge < -0.3 is 20.1 Å². The van der Waals surface area contributed by atoms with Crippen LogP contribution in [0.3, 0.4) is 0 Å². The Hall–Kier alpha value is -3.54. The van der Waals surface area contributed by atoms with Gasteiger partial charge in [-0.1, -0.05) is 30.3 Å². The topological polar surface area (TPSA) is 44.7 Å². The number of hydrogen-bond donors (Lipinski definition) is 2. The van der Waals surface area contributed by atoms with Crippen molar-refractivity contribution in [1.29, 1.82) is 0 Å². The molecule has 4 nitrogen and oxygen atoms in total. The lowest BCUT2D eigenvalue weighted by molar-refractivity contribution is -0.289. The third-order valence-electron chi connectivity index (χ3n) is 5.33. The number of aliphatic hydroxyl groups excluding tert-OH is 1. The van der Waals surface area contributed by atoms with Gasteiger partial charge in [-0.25, -0.2) is 0 Å². The van der Waals surface area contributed by atoms with E-state index in [1.807, 2.05) is 0 Å². The Bertz CT molecular complexity index is 1200. The van der Waals surface area contributed by atoms with E-state index in [0.29, 0.717) is 17.9 Å². The monoisotopic (exact) mass is 534 g/mol. The lowest BCUT2D eigenvalue weighted by Gasteiger charge is -2.29. The Balaban J connectivity index is 1.94. The zero-order valence-electron chi connectivity index (χ0n) is 19.2. The molecule has 1 atom stereocenters. The molecular formula is C25H22F8N2O2. The summed E-state index contributed by atoms with van der Waals surface area (Å²) in [4.78, 5) is 1.01. The highest BCUT2D eigenvalue weighted by molar-refractivity contribution is 5.54. The van der Waals surface area contributed by atoms with Gasteiger partial charge in [0.15, 0.2) is 6.10 Å². The maximum Gasteiger partial charge on any atom is 0.458 e. The molecule has 0 aromatic heterocycles. The van der Waals surface area contributed by atoms with Gasteiger partial charge in [-0.05, 0) is 35.9 Å². The molecule has 0 aliphatic rings. The van der Waals surface area contributed by atoms with Crippen LogP contribution in [-0.2, 0) is 12.5 Å². The van der Waals surface area contributed by atoms with Crippen molar-refractivity contribution < 1.29 is 45.0 Å². The molecule has 12 heteroatoms. The van der Waals surface area contributed by atoms with E-state index in [9.17, 15) is 40.2 Å². The van der Waals surface area contributed by atoms with Gasteiger partial charge in [0.1, 0.15) is 11.5 Å². The fourth-order valence-electron chi connectivity index (χ4n) is 3.42. The molecule has 3 aromatic carbocycles. The lowest BCUT2D eigenvalue weighted by atomic mass is 10.0. The summed E-state index contributed by atoms with van der Waals surface area (Å²) in [6.45, 7) is -1.52. The molecular weight excluding hydrogens is 512 g/mol. The Morgan fingerprint density at radius 2 is 1.46 bits per heavy atom. The van der Waals surface area contributed by atoms with Crippen molar-refractivity contribution in [1.82, 2.24) is 0 Å². The standard InChI is InChI=1S/C25H22F8N2O2/c1-34-18-7-3-9-20(12-18)37-21-10-4-8-19(13-21)35(15-22(36)24(28,29)30)14-16-5-2-6-17(11-16)23(26,27)25(31,32)33/h2-13,22,34,36H,14-15H2,1H3/t22-/m1/s1. The second kappa shape index (κ2) is 10.8. The second-order valence-corrected chi connectivity index (χ2v) is 8.09. The molecule has 0 spiro atoms. The minimum absolute atomic E-state index is 0.110. The molecule has 0 heterocycles. The van der Waals surface area contributed by atoms with Crippen LogP contribution < -0.4 is 15.0 Å². The van der Waals surface area contributed by atoms with Gasteiger partial charge in [0.25, 0.3) is 0 Å². The quantitative estimate of drug-likeness (QED) is 0.288. The van der Waals surface area contributed by atoms with Crippen molar-refractivity contribution in [3.8, 4) is 11.5 Å². The predicted molar refractivity (Wildman–Crippen MR) is 122 cm³/mol. The van der Waals surface area contributed by atoms with Crippen molar-refractivity contribution in [2.45, 2.75) is 30.9 Å². The Kier molecular flexibility index (Phi) is 8.21. The van der Waals surface area contributed by atoms with Crippen LogP contribution in [0.25, 0.3) is 0 Å². The van der Waals surface area contributed by atoms with Crippen LogP contribution in [-0.4, -0.2) is 37.2 Å². The van der Waals surface area contributed by atoms with E-state index >= 15 is 0 Å². The highest BCUT2D eigenvalue weighted by Gasteiger charge is 2.58. The first-order valence-corrected chi connectivity index (χ1v) is 10.8. The van der Waals surface area contributed by atoms with Gasteiger partial charge in [-0.3, -0.25) is 0 Å². The van der Waals surface area contributed by atoms with Gasteiger partial charge in [-0.15, -0.1) is 0 Å². The molecule has 0 unspecified atom stereocenters. The average Bonchev–Trinajstić information content (AvgIpc) is 2.82. The Labute approximate surface area is 207 Å². The van der Waals surface area contributed by atoms with E-state index in [-0.39, 0.29) is 17.0 Å². The van der Waals surface area contributed by atoms with E-state index in [1.54, 1.807) is 31.3 Å². The van der Waals surface area contributed by atoms with Crippen LogP contribution in [0.4, 0.5) is 46.5 Å². The highest BCUT2D eigenvalue weighted by atomic mass is 19.4. The van der Waals surface area contributed by atoms with Crippen molar-refractivity contribution in [3.05, 3.63) is 83.9 Å².